The van der Waals surface area contributed by atoms with Gasteiger partial charge in [0.15, 0.2) is 11.5 Å². The van der Waals surface area contributed by atoms with Crippen LogP contribution in [0.1, 0.15) is 59.0 Å². The van der Waals surface area contributed by atoms with Crippen molar-refractivity contribution in [3.63, 3.8) is 0 Å². The van der Waals surface area contributed by atoms with Gasteiger partial charge >= 0.3 is 0 Å². The minimum Gasteiger partial charge on any atom is -0.384 e. The molecule has 6 rings (SSSR count). The number of carbonyl (C=O) groups excluding carboxylic acids is 1. The van der Waals surface area contributed by atoms with Gasteiger partial charge in [-0.3, -0.25) is 4.79 Å². The van der Waals surface area contributed by atoms with Gasteiger partial charge in [0, 0.05) is 31.6 Å². The molecule has 10 heteroatoms. The maximum atomic E-state index is 13.8. The van der Waals surface area contributed by atoms with Crippen LogP contribution in [-0.2, 0) is 6.42 Å². The lowest BCUT2D eigenvalue weighted by molar-refractivity contribution is 0.0984. The van der Waals surface area contributed by atoms with E-state index in [4.69, 9.17) is 17.2 Å². The average molecular weight is 489 g/mol. The Morgan fingerprint density at radius 2 is 1.92 bits per heavy atom. The number of aromatic nitrogens is 3. The normalized spacial score (nSPS) is 22.1. The van der Waals surface area contributed by atoms with Gasteiger partial charge in [0.2, 0.25) is 0 Å². The molecule has 2 unspecified atom stereocenters. The van der Waals surface area contributed by atoms with Crippen LogP contribution in [0.5, 0.6) is 0 Å². The highest BCUT2D eigenvalue weighted by Crippen LogP contribution is 2.51. The topological polar surface area (TPSA) is 140 Å². The van der Waals surface area contributed by atoms with Crippen LogP contribution >= 0.6 is 0 Å². The Morgan fingerprint density at radius 1 is 1.14 bits per heavy atom. The van der Waals surface area contributed by atoms with E-state index in [1.807, 2.05) is 13.0 Å². The number of fused-ring (bicyclic) bond motifs is 2. The van der Waals surface area contributed by atoms with E-state index in [-0.39, 0.29) is 40.6 Å². The number of nitrogens with zero attached hydrogens (tertiary/aromatic N) is 5. The predicted octanol–water partition coefficient (Wildman–Crippen LogP) is 2.78. The molecule has 1 fully saturated rings. The van der Waals surface area contributed by atoms with E-state index in [0.717, 1.165) is 54.9 Å². The van der Waals surface area contributed by atoms with Crippen LogP contribution in [0, 0.1) is 11.2 Å². The molecule has 1 aliphatic carbocycles. The number of nitrogens with two attached hydrogens (primary N) is 3. The number of nitrogen functional groups attached to an aromatic ring is 2. The van der Waals surface area contributed by atoms with Gasteiger partial charge in [-0.2, -0.15) is 0 Å². The summed E-state index contributed by atoms with van der Waals surface area (Å²) in [6.07, 6.45) is 4.10. The highest BCUT2D eigenvalue weighted by Gasteiger charge is 2.46. The summed E-state index contributed by atoms with van der Waals surface area (Å²) < 4.78 is 13.8. The zero-order valence-corrected chi connectivity index (χ0v) is 20.1. The number of amides is 1. The van der Waals surface area contributed by atoms with Crippen molar-refractivity contribution < 1.29 is 9.18 Å². The molecule has 0 radical (unpaired) electrons. The molecule has 186 valence electrons. The van der Waals surface area contributed by atoms with Crippen molar-refractivity contribution >= 4 is 29.0 Å². The largest absolute Gasteiger partial charge is 0.384 e. The second kappa shape index (κ2) is 8.12. The fraction of sp³-hybridized carbons (Fsp3) is 0.385. The van der Waals surface area contributed by atoms with Crippen LogP contribution in [0.25, 0.3) is 0 Å². The van der Waals surface area contributed by atoms with Gasteiger partial charge in [-0.25, -0.2) is 19.3 Å². The molecule has 6 N–H and O–H groups in total. The highest BCUT2D eigenvalue weighted by atomic mass is 19.1. The molecule has 3 aromatic rings. The van der Waals surface area contributed by atoms with Crippen molar-refractivity contribution in [2.24, 2.45) is 11.1 Å². The Morgan fingerprint density at radius 3 is 2.67 bits per heavy atom. The summed E-state index contributed by atoms with van der Waals surface area (Å²) >= 11 is 0. The molecule has 2 aromatic heterocycles. The summed E-state index contributed by atoms with van der Waals surface area (Å²) in [7, 11) is 0. The lowest BCUT2D eigenvalue weighted by atomic mass is 9.73. The number of benzene rings is 1. The summed E-state index contributed by atoms with van der Waals surface area (Å²) in [6.45, 7) is 3.95. The second-order valence-electron chi connectivity index (χ2n) is 10.3. The summed E-state index contributed by atoms with van der Waals surface area (Å²) in [5, 5.41) is 0. The number of hydrogen-bond acceptors (Lipinski definition) is 8. The zero-order chi connectivity index (χ0) is 25.2. The Bertz CT molecular complexity index is 1370. The van der Waals surface area contributed by atoms with Crippen molar-refractivity contribution in [2.75, 3.05) is 40.9 Å². The minimum atomic E-state index is -0.303. The minimum absolute atomic E-state index is 0.0613. The Hall–Kier alpha value is -3.79. The lowest BCUT2D eigenvalue weighted by Crippen LogP contribution is -2.44. The first-order valence-electron chi connectivity index (χ1n) is 12.3. The Labute approximate surface area is 208 Å². The first kappa shape index (κ1) is 22.7. The summed E-state index contributed by atoms with van der Waals surface area (Å²) in [6, 6.07) is 8.31. The quantitative estimate of drug-likeness (QED) is 0.500. The molecular weight excluding hydrogens is 459 g/mol. The van der Waals surface area contributed by atoms with E-state index in [0.29, 0.717) is 18.2 Å². The van der Waals surface area contributed by atoms with E-state index in [1.54, 1.807) is 29.3 Å². The smallest absolute Gasteiger partial charge is 0.280 e. The first-order chi connectivity index (χ1) is 17.3. The van der Waals surface area contributed by atoms with Crippen molar-refractivity contribution in [1.82, 2.24) is 15.0 Å². The van der Waals surface area contributed by atoms with Crippen LogP contribution in [0.2, 0.25) is 0 Å². The number of rotatable bonds is 2. The molecule has 2 aliphatic heterocycles. The molecule has 1 spiro atoms. The number of carbonyl (C=O) groups is 1. The van der Waals surface area contributed by atoms with Gasteiger partial charge in [0.25, 0.3) is 5.91 Å². The van der Waals surface area contributed by atoms with Gasteiger partial charge in [0.1, 0.15) is 17.5 Å². The number of piperidine rings is 1. The van der Waals surface area contributed by atoms with Crippen molar-refractivity contribution in [1.29, 1.82) is 0 Å². The SMILES string of the molecule is CC1CN(C(=O)c2ncc(N3CCC4(CC3)Cc3cc(F)ccc3C4N)nc2N)c2ccc(N)nc21. The number of anilines is 4. The standard InChI is InChI=1S/C26H29FN8O/c1-14-13-35(18-4-5-19(28)32-21(14)18)25(36)22-24(30)33-20(12-31-22)34-8-6-26(7-9-34)11-15-10-16(27)2-3-17(15)23(26)29/h2-5,10,12,14,23H,6-9,11,13,29H2,1H3,(H2,28,32)(H2,30,33). The third-order valence-corrected chi connectivity index (χ3v) is 8.10. The molecule has 1 amide bonds. The molecule has 0 bridgehead atoms. The summed E-state index contributed by atoms with van der Waals surface area (Å²) in [5.41, 5.74) is 22.3. The van der Waals surface area contributed by atoms with Gasteiger partial charge < -0.3 is 27.0 Å². The second-order valence-corrected chi connectivity index (χ2v) is 10.3. The summed E-state index contributed by atoms with van der Waals surface area (Å²) in [5.74, 6) is 0.704. The molecule has 36 heavy (non-hydrogen) atoms. The molecule has 9 nitrogen and oxygen atoms in total. The Kier molecular flexibility index (Phi) is 5.11. The van der Waals surface area contributed by atoms with E-state index in [2.05, 4.69) is 19.9 Å². The van der Waals surface area contributed by atoms with Crippen molar-refractivity contribution in [3.05, 3.63) is 64.9 Å². The Balaban J connectivity index is 1.18. The predicted molar refractivity (Wildman–Crippen MR) is 136 cm³/mol. The van der Waals surface area contributed by atoms with Crippen LogP contribution in [0.4, 0.5) is 27.5 Å². The highest BCUT2D eigenvalue weighted by molar-refractivity contribution is 6.08. The average Bonchev–Trinajstić information content (AvgIpc) is 3.32. The maximum absolute atomic E-state index is 13.8. The first-order valence-corrected chi connectivity index (χ1v) is 12.3. The van der Waals surface area contributed by atoms with E-state index >= 15 is 0 Å². The third-order valence-electron chi connectivity index (χ3n) is 8.10. The molecular formula is C26H29FN8O. The van der Waals surface area contributed by atoms with Crippen LogP contribution < -0.4 is 27.0 Å². The maximum Gasteiger partial charge on any atom is 0.280 e. The van der Waals surface area contributed by atoms with Crippen molar-refractivity contribution in [2.45, 2.75) is 38.1 Å². The number of pyridine rings is 1. The van der Waals surface area contributed by atoms with Gasteiger partial charge in [0.05, 0.1) is 17.6 Å². The van der Waals surface area contributed by atoms with Gasteiger partial charge in [-0.15, -0.1) is 0 Å². The van der Waals surface area contributed by atoms with Gasteiger partial charge in [-0.05, 0) is 60.1 Å². The zero-order valence-electron chi connectivity index (χ0n) is 20.1. The van der Waals surface area contributed by atoms with Crippen molar-refractivity contribution in [3.8, 4) is 0 Å². The molecule has 4 heterocycles. The molecule has 1 saturated heterocycles. The fourth-order valence-electron chi connectivity index (χ4n) is 6.08. The fourth-order valence-corrected chi connectivity index (χ4v) is 6.08. The molecule has 0 saturated carbocycles. The monoisotopic (exact) mass is 488 g/mol. The van der Waals surface area contributed by atoms with E-state index in [9.17, 15) is 9.18 Å². The van der Waals surface area contributed by atoms with Crippen LogP contribution in [0.3, 0.4) is 0 Å². The third kappa shape index (κ3) is 3.47. The van der Waals surface area contributed by atoms with E-state index < -0.39 is 0 Å². The summed E-state index contributed by atoms with van der Waals surface area (Å²) in [4.78, 5) is 30.4. The molecule has 1 aromatic carbocycles. The molecule has 3 aliphatic rings. The number of hydrogen-bond donors (Lipinski definition) is 3. The van der Waals surface area contributed by atoms with Crippen LogP contribution in [-0.4, -0.2) is 40.5 Å². The molecule has 2 atom stereocenters. The van der Waals surface area contributed by atoms with Gasteiger partial charge in [-0.1, -0.05) is 13.0 Å². The van der Waals surface area contributed by atoms with E-state index in [1.165, 1.54) is 6.07 Å². The van der Waals surface area contributed by atoms with Crippen LogP contribution in [0.15, 0.2) is 36.5 Å². The number of halogens is 1. The lowest BCUT2D eigenvalue weighted by Gasteiger charge is -2.42.